The zero-order valence-corrected chi connectivity index (χ0v) is 14.4. The molecule has 0 aromatic carbocycles. The fourth-order valence-electron chi connectivity index (χ4n) is 3.86. The second kappa shape index (κ2) is 7.93. The Bertz CT molecular complexity index is 403. The highest BCUT2D eigenvalue weighted by Gasteiger charge is 2.30. The smallest absolute Gasteiger partial charge is 0.211 e. The summed E-state index contributed by atoms with van der Waals surface area (Å²) in [6, 6.07) is 0.547. The van der Waals surface area contributed by atoms with Crippen LogP contribution in [0, 0.1) is 11.8 Å². The standard InChI is InChI=1S/C16H32N2O2S/c1-13(2)15-8-3-4-9-16(15)18-21(19,20)12-10-14-7-5-6-11-17-14/h13-18H,3-12H2,1-2H3. The fraction of sp³-hybridized carbons (Fsp3) is 1.00. The Morgan fingerprint density at radius 1 is 1.10 bits per heavy atom. The quantitative estimate of drug-likeness (QED) is 0.792. The van der Waals surface area contributed by atoms with Gasteiger partial charge in [-0.2, -0.15) is 0 Å². The second-order valence-electron chi connectivity index (χ2n) is 7.17. The fourth-order valence-corrected chi connectivity index (χ4v) is 5.33. The zero-order chi connectivity index (χ0) is 15.3. The molecule has 3 unspecified atom stereocenters. The topological polar surface area (TPSA) is 58.2 Å². The molecule has 0 spiro atoms. The average Bonchev–Trinajstić information content (AvgIpc) is 2.46. The molecule has 0 bridgehead atoms. The van der Waals surface area contributed by atoms with Gasteiger partial charge in [-0.05, 0) is 50.5 Å². The normalized spacial score (nSPS) is 31.5. The molecule has 1 saturated carbocycles. The molecule has 0 aromatic rings. The third-order valence-electron chi connectivity index (χ3n) is 5.15. The second-order valence-corrected chi connectivity index (χ2v) is 9.04. The lowest BCUT2D eigenvalue weighted by atomic mass is 9.78. The van der Waals surface area contributed by atoms with E-state index in [-0.39, 0.29) is 11.8 Å². The number of piperidine rings is 1. The van der Waals surface area contributed by atoms with Crippen molar-refractivity contribution in [1.29, 1.82) is 0 Å². The first-order valence-electron chi connectivity index (χ1n) is 8.71. The highest BCUT2D eigenvalue weighted by Crippen LogP contribution is 2.30. The van der Waals surface area contributed by atoms with Crippen molar-refractivity contribution in [3.8, 4) is 0 Å². The molecule has 1 heterocycles. The zero-order valence-electron chi connectivity index (χ0n) is 13.6. The van der Waals surface area contributed by atoms with Crippen molar-refractivity contribution in [2.75, 3.05) is 12.3 Å². The van der Waals surface area contributed by atoms with Crippen LogP contribution in [0.3, 0.4) is 0 Å². The number of nitrogens with one attached hydrogen (secondary N) is 2. The van der Waals surface area contributed by atoms with Crippen molar-refractivity contribution in [1.82, 2.24) is 10.0 Å². The molecule has 0 radical (unpaired) electrons. The van der Waals surface area contributed by atoms with Crippen molar-refractivity contribution in [2.24, 2.45) is 11.8 Å². The molecule has 124 valence electrons. The summed E-state index contributed by atoms with van der Waals surface area (Å²) < 4.78 is 27.8. The largest absolute Gasteiger partial charge is 0.314 e. The van der Waals surface area contributed by atoms with Gasteiger partial charge in [-0.1, -0.05) is 33.1 Å². The molecule has 0 amide bonds. The van der Waals surface area contributed by atoms with Crippen LogP contribution in [0.1, 0.15) is 65.2 Å². The van der Waals surface area contributed by atoms with Crippen LogP contribution in [-0.4, -0.2) is 32.8 Å². The molecule has 3 atom stereocenters. The van der Waals surface area contributed by atoms with E-state index in [2.05, 4.69) is 23.9 Å². The van der Waals surface area contributed by atoms with Crippen LogP contribution in [0.4, 0.5) is 0 Å². The maximum absolute atomic E-state index is 12.4. The lowest BCUT2D eigenvalue weighted by Crippen LogP contribution is -2.45. The highest BCUT2D eigenvalue weighted by molar-refractivity contribution is 7.89. The minimum Gasteiger partial charge on any atom is -0.314 e. The van der Waals surface area contributed by atoms with Crippen LogP contribution in [0.5, 0.6) is 0 Å². The van der Waals surface area contributed by atoms with E-state index in [1.165, 1.54) is 19.3 Å². The van der Waals surface area contributed by atoms with Gasteiger partial charge >= 0.3 is 0 Å². The summed E-state index contributed by atoms with van der Waals surface area (Å²) >= 11 is 0. The van der Waals surface area contributed by atoms with E-state index in [1.807, 2.05) is 0 Å². The van der Waals surface area contributed by atoms with E-state index in [1.54, 1.807) is 0 Å². The first-order valence-corrected chi connectivity index (χ1v) is 10.4. The molecule has 2 rings (SSSR count). The average molecular weight is 317 g/mol. The molecule has 4 nitrogen and oxygen atoms in total. The van der Waals surface area contributed by atoms with Gasteiger partial charge in [0.1, 0.15) is 0 Å². The van der Waals surface area contributed by atoms with Crippen LogP contribution in [0.2, 0.25) is 0 Å². The van der Waals surface area contributed by atoms with Crippen molar-refractivity contribution in [3.63, 3.8) is 0 Å². The molecule has 5 heteroatoms. The number of rotatable bonds is 6. The number of hydrogen-bond acceptors (Lipinski definition) is 3. The van der Waals surface area contributed by atoms with Crippen molar-refractivity contribution < 1.29 is 8.42 Å². The van der Waals surface area contributed by atoms with Crippen LogP contribution < -0.4 is 10.0 Å². The lowest BCUT2D eigenvalue weighted by molar-refractivity contribution is 0.226. The summed E-state index contributed by atoms with van der Waals surface area (Å²) in [5.41, 5.74) is 0. The van der Waals surface area contributed by atoms with Gasteiger partial charge in [-0.3, -0.25) is 0 Å². The summed E-state index contributed by atoms with van der Waals surface area (Å²) in [4.78, 5) is 0. The van der Waals surface area contributed by atoms with Gasteiger partial charge in [0.25, 0.3) is 0 Å². The number of sulfonamides is 1. The predicted molar refractivity (Wildman–Crippen MR) is 87.8 cm³/mol. The SMILES string of the molecule is CC(C)C1CCCCC1NS(=O)(=O)CCC1CCCCN1. The minimum absolute atomic E-state index is 0.156. The molecular weight excluding hydrogens is 284 g/mol. The molecule has 1 aliphatic heterocycles. The van der Waals surface area contributed by atoms with E-state index in [9.17, 15) is 8.42 Å². The highest BCUT2D eigenvalue weighted by atomic mass is 32.2. The summed E-state index contributed by atoms with van der Waals surface area (Å²) in [7, 11) is -3.14. The molecule has 0 aromatic heterocycles. The Hall–Kier alpha value is -0.130. The summed E-state index contributed by atoms with van der Waals surface area (Å²) in [5.74, 6) is 1.32. The molecule has 2 aliphatic rings. The van der Waals surface area contributed by atoms with Gasteiger partial charge in [0.05, 0.1) is 5.75 Å². The van der Waals surface area contributed by atoms with Gasteiger partial charge in [0.2, 0.25) is 10.0 Å². The van der Waals surface area contributed by atoms with Gasteiger partial charge < -0.3 is 5.32 Å². The summed E-state index contributed by atoms with van der Waals surface area (Å²) in [6.45, 7) is 5.46. The number of hydrogen-bond donors (Lipinski definition) is 2. The van der Waals surface area contributed by atoms with Crippen LogP contribution in [-0.2, 0) is 10.0 Å². The first kappa shape index (κ1) is 17.2. The maximum Gasteiger partial charge on any atom is 0.211 e. The maximum atomic E-state index is 12.4. The molecule has 2 fully saturated rings. The summed E-state index contributed by atoms with van der Waals surface area (Å²) in [6.07, 6.45) is 8.87. The molecular formula is C16H32N2O2S. The molecule has 21 heavy (non-hydrogen) atoms. The van der Waals surface area contributed by atoms with Crippen LogP contribution in [0.25, 0.3) is 0 Å². The van der Waals surface area contributed by atoms with Gasteiger partial charge in [-0.15, -0.1) is 0 Å². The van der Waals surface area contributed by atoms with Gasteiger partial charge in [0.15, 0.2) is 0 Å². The Labute approximate surface area is 130 Å². The van der Waals surface area contributed by atoms with E-state index in [0.29, 0.717) is 17.9 Å². The predicted octanol–water partition coefficient (Wildman–Crippen LogP) is 2.65. The third kappa shape index (κ3) is 5.53. The Balaban J connectivity index is 1.83. The molecule has 2 N–H and O–H groups in total. The summed E-state index contributed by atoms with van der Waals surface area (Å²) in [5, 5.41) is 3.43. The van der Waals surface area contributed by atoms with Crippen LogP contribution in [0.15, 0.2) is 0 Å². The van der Waals surface area contributed by atoms with Crippen molar-refractivity contribution in [3.05, 3.63) is 0 Å². The Morgan fingerprint density at radius 3 is 2.48 bits per heavy atom. The van der Waals surface area contributed by atoms with E-state index in [4.69, 9.17) is 0 Å². The van der Waals surface area contributed by atoms with Crippen molar-refractivity contribution >= 4 is 10.0 Å². The monoisotopic (exact) mass is 316 g/mol. The van der Waals surface area contributed by atoms with Crippen LogP contribution >= 0.6 is 0 Å². The minimum atomic E-state index is -3.14. The van der Waals surface area contributed by atoms with Gasteiger partial charge in [-0.25, -0.2) is 13.1 Å². The van der Waals surface area contributed by atoms with Gasteiger partial charge in [0, 0.05) is 12.1 Å². The van der Waals surface area contributed by atoms with Crippen molar-refractivity contribution in [2.45, 2.75) is 77.3 Å². The van der Waals surface area contributed by atoms with E-state index in [0.717, 1.165) is 38.6 Å². The Morgan fingerprint density at radius 2 is 1.81 bits per heavy atom. The Kier molecular flexibility index (Phi) is 6.51. The molecule has 1 aliphatic carbocycles. The van der Waals surface area contributed by atoms with E-state index >= 15 is 0 Å². The molecule has 1 saturated heterocycles. The first-order chi connectivity index (χ1) is 9.98. The third-order valence-corrected chi connectivity index (χ3v) is 6.59. The lowest BCUT2D eigenvalue weighted by Gasteiger charge is -2.34. The van der Waals surface area contributed by atoms with E-state index < -0.39 is 10.0 Å².